The number of primary amides is 1. The molecule has 214 valence electrons. The maximum atomic E-state index is 13.9. The van der Waals surface area contributed by atoms with Crippen molar-refractivity contribution in [2.75, 3.05) is 14.1 Å². The molecule has 6 N–H and O–H groups in total. The van der Waals surface area contributed by atoms with Gasteiger partial charge < -0.3 is 26.2 Å². The Balaban J connectivity index is 1.43. The molecule has 4 atom stereocenters. The van der Waals surface area contributed by atoms with Crippen molar-refractivity contribution in [3.05, 3.63) is 80.1 Å². The number of fused-ring (bicyclic) bond motifs is 4. The van der Waals surface area contributed by atoms with Gasteiger partial charge in [-0.3, -0.25) is 24.2 Å². The van der Waals surface area contributed by atoms with E-state index in [0.717, 1.165) is 13.1 Å². The second kappa shape index (κ2) is 9.42. The standard InChI is InChI=1S/C30H30ClN3O7/c1-33(2)24-18-8-15-7-17-21(25(36)20(15)27(38)30(18,41)28(39)22(26(24)37)29(32)40)19(35)9-16(23(17)31)12-34-10-13-5-3-4-6-14(13)11-34/h3-6,9,15,18,24,35-36,39,41H,7-8,10-12H2,1-2H3,(H2,32,40)/t15-,18-,24-,30-/m0/s1. The predicted molar refractivity (Wildman–Crippen MR) is 149 cm³/mol. The molecule has 0 saturated heterocycles. The number of benzene rings is 2. The maximum Gasteiger partial charge on any atom is 0.255 e. The van der Waals surface area contributed by atoms with Crippen molar-refractivity contribution in [2.45, 2.75) is 44.1 Å². The molecule has 6 rings (SSSR count). The molecule has 11 heteroatoms. The highest BCUT2D eigenvalue weighted by Crippen LogP contribution is 2.53. The number of amides is 1. The number of carbonyl (C=O) groups excluding carboxylic acids is 3. The van der Waals surface area contributed by atoms with Gasteiger partial charge in [0.15, 0.2) is 11.4 Å². The van der Waals surface area contributed by atoms with Crippen LogP contribution in [-0.4, -0.2) is 73.4 Å². The molecule has 0 radical (unpaired) electrons. The molecule has 3 aliphatic carbocycles. The van der Waals surface area contributed by atoms with E-state index >= 15 is 0 Å². The molecule has 0 spiro atoms. The van der Waals surface area contributed by atoms with Crippen molar-refractivity contribution in [3.63, 3.8) is 0 Å². The summed E-state index contributed by atoms with van der Waals surface area (Å²) >= 11 is 6.90. The normalized spacial score (nSPS) is 27.6. The Morgan fingerprint density at radius 1 is 1.15 bits per heavy atom. The highest BCUT2D eigenvalue weighted by molar-refractivity contribution is 6.32. The van der Waals surface area contributed by atoms with Crippen LogP contribution in [0.5, 0.6) is 5.75 Å². The minimum atomic E-state index is -2.67. The van der Waals surface area contributed by atoms with E-state index in [1.165, 1.54) is 22.1 Å². The Kier molecular flexibility index (Phi) is 6.31. The highest BCUT2D eigenvalue weighted by Gasteiger charge is 2.64. The van der Waals surface area contributed by atoms with Gasteiger partial charge in [0, 0.05) is 36.1 Å². The van der Waals surface area contributed by atoms with Crippen LogP contribution < -0.4 is 5.73 Å². The summed E-state index contributed by atoms with van der Waals surface area (Å²) in [6.45, 7) is 1.89. The second-order valence-electron chi connectivity index (χ2n) is 11.6. The lowest BCUT2D eigenvalue weighted by Gasteiger charge is -2.50. The van der Waals surface area contributed by atoms with Gasteiger partial charge in [-0.2, -0.15) is 0 Å². The van der Waals surface area contributed by atoms with E-state index in [1.807, 2.05) is 12.1 Å². The third-order valence-electron chi connectivity index (χ3n) is 9.03. The molecule has 0 bridgehead atoms. The molecule has 1 amide bonds. The third-order valence-corrected chi connectivity index (χ3v) is 9.50. The number of aliphatic hydroxyl groups is 3. The van der Waals surface area contributed by atoms with Crippen LogP contribution in [0, 0.1) is 11.8 Å². The van der Waals surface area contributed by atoms with Crippen LogP contribution in [0.1, 0.15) is 34.2 Å². The van der Waals surface area contributed by atoms with Crippen molar-refractivity contribution in [1.82, 2.24) is 9.80 Å². The van der Waals surface area contributed by atoms with Crippen LogP contribution in [0.4, 0.5) is 0 Å². The molecule has 10 nitrogen and oxygen atoms in total. The lowest BCUT2D eigenvalue weighted by atomic mass is 9.57. The first-order chi connectivity index (χ1) is 19.4. The molecular formula is C30H30ClN3O7. The van der Waals surface area contributed by atoms with Crippen molar-refractivity contribution in [3.8, 4) is 5.75 Å². The number of hydrogen-bond acceptors (Lipinski definition) is 9. The number of ketones is 2. The Morgan fingerprint density at radius 2 is 1.78 bits per heavy atom. The summed E-state index contributed by atoms with van der Waals surface area (Å²) in [7, 11) is 3.12. The number of halogens is 1. The topological polar surface area (TPSA) is 165 Å². The molecule has 1 heterocycles. The fourth-order valence-corrected chi connectivity index (χ4v) is 7.50. The molecule has 0 unspecified atom stereocenters. The summed E-state index contributed by atoms with van der Waals surface area (Å²) in [6, 6.07) is 8.45. The number of rotatable bonds is 4. The van der Waals surface area contributed by atoms with E-state index in [0.29, 0.717) is 22.7 Å². The zero-order valence-corrected chi connectivity index (χ0v) is 23.3. The van der Waals surface area contributed by atoms with Gasteiger partial charge in [-0.05, 0) is 61.2 Å². The lowest BCUT2D eigenvalue weighted by Crippen LogP contribution is -2.65. The summed E-state index contributed by atoms with van der Waals surface area (Å²) in [6.07, 6.45) is 0.156. The van der Waals surface area contributed by atoms with Gasteiger partial charge in [0.2, 0.25) is 5.78 Å². The Hall–Kier alpha value is -3.70. The van der Waals surface area contributed by atoms with Crippen molar-refractivity contribution < 1.29 is 34.8 Å². The molecule has 1 saturated carbocycles. The van der Waals surface area contributed by atoms with Gasteiger partial charge >= 0.3 is 0 Å². The van der Waals surface area contributed by atoms with Crippen LogP contribution in [0.25, 0.3) is 5.76 Å². The smallest absolute Gasteiger partial charge is 0.255 e. The summed E-state index contributed by atoms with van der Waals surface area (Å²) in [5.74, 6) is -6.87. The van der Waals surface area contributed by atoms with E-state index in [4.69, 9.17) is 17.3 Å². The fraction of sp³-hybridized carbons (Fsp3) is 0.367. The second-order valence-corrected chi connectivity index (χ2v) is 12.0. The van der Waals surface area contributed by atoms with Gasteiger partial charge in [0.25, 0.3) is 5.91 Å². The molecule has 0 aromatic heterocycles. The van der Waals surface area contributed by atoms with Crippen LogP contribution in [0.3, 0.4) is 0 Å². The Bertz CT molecular complexity index is 1590. The lowest BCUT2D eigenvalue weighted by molar-refractivity contribution is -0.153. The Labute approximate surface area is 240 Å². The minimum Gasteiger partial charge on any atom is -0.508 e. The quantitative estimate of drug-likeness (QED) is 0.341. The number of likely N-dealkylation sites (N-methyl/N-ethyl adjacent to an activating group) is 1. The van der Waals surface area contributed by atoms with Crippen LogP contribution in [0.2, 0.25) is 5.02 Å². The average Bonchev–Trinajstić information content (AvgIpc) is 3.31. The van der Waals surface area contributed by atoms with Gasteiger partial charge in [0.1, 0.15) is 22.8 Å². The number of nitrogens with zero attached hydrogens (tertiary/aromatic N) is 2. The number of phenols is 1. The summed E-state index contributed by atoms with van der Waals surface area (Å²) in [5.41, 5.74) is 5.20. The summed E-state index contributed by atoms with van der Waals surface area (Å²) in [5, 5.41) is 45.4. The zero-order chi connectivity index (χ0) is 29.5. The first kappa shape index (κ1) is 27.5. The SMILES string of the molecule is CN(C)[C@@H]1C(=O)C(C(N)=O)=C(O)[C@@]2(O)C(=O)C3=C(O)c4c(O)cc(CN5Cc6ccccc6C5)c(Cl)c4C[C@H]3C[C@@H]12. The molecule has 4 aliphatic rings. The first-order valence-electron chi connectivity index (χ1n) is 13.3. The van der Waals surface area contributed by atoms with E-state index in [1.54, 1.807) is 14.1 Å². The van der Waals surface area contributed by atoms with Gasteiger partial charge in [-0.25, -0.2) is 0 Å². The number of carbonyl (C=O) groups is 3. The van der Waals surface area contributed by atoms with Crippen molar-refractivity contribution >= 4 is 34.8 Å². The fourth-order valence-electron chi connectivity index (χ4n) is 7.22. The van der Waals surface area contributed by atoms with Gasteiger partial charge in [-0.1, -0.05) is 35.9 Å². The monoisotopic (exact) mass is 579 g/mol. The van der Waals surface area contributed by atoms with Crippen LogP contribution in [0.15, 0.2) is 47.2 Å². The molecular weight excluding hydrogens is 550 g/mol. The van der Waals surface area contributed by atoms with E-state index in [9.17, 15) is 34.8 Å². The number of aromatic hydroxyl groups is 1. The zero-order valence-electron chi connectivity index (χ0n) is 22.5. The number of Topliss-reactive ketones (excluding diaryl/α,β-unsaturated/α-hetero) is 2. The van der Waals surface area contributed by atoms with Gasteiger partial charge in [0.05, 0.1) is 11.6 Å². The maximum absolute atomic E-state index is 13.9. The molecule has 1 fully saturated rings. The average molecular weight is 580 g/mol. The number of hydrogen-bond donors (Lipinski definition) is 5. The van der Waals surface area contributed by atoms with E-state index in [-0.39, 0.29) is 29.7 Å². The summed E-state index contributed by atoms with van der Waals surface area (Å²) < 4.78 is 0. The highest BCUT2D eigenvalue weighted by atomic mass is 35.5. The number of phenolic OH excluding ortho intramolecular Hbond substituents is 1. The molecule has 41 heavy (non-hydrogen) atoms. The molecule has 2 aromatic rings. The van der Waals surface area contributed by atoms with Gasteiger partial charge in [-0.15, -0.1) is 0 Å². The largest absolute Gasteiger partial charge is 0.508 e. The van der Waals surface area contributed by atoms with Crippen molar-refractivity contribution in [2.24, 2.45) is 17.6 Å². The molecule has 2 aromatic carbocycles. The number of aliphatic hydroxyl groups excluding tert-OH is 2. The Morgan fingerprint density at radius 3 is 2.37 bits per heavy atom. The van der Waals surface area contributed by atoms with E-state index < -0.39 is 58.0 Å². The van der Waals surface area contributed by atoms with Crippen LogP contribution in [-0.2, 0) is 40.4 Å². The third kappa shape index (κ3) is 3.85. The minimum absolute atomic E-state index is 0.00845. The van der Waals surface area contributed by atoms with Crippen molar-refractivity contribution in [1.29, 1.82) is 0 Å². The summed E-state index contributed by atoms with van der Waals surface area (Å²) in [4.78, 5) is 42.9. The predicted octanol–water partition coefficient (Wildman–Crippen LogP) is 2.13. The number of nitrogens with two attached hydrogens (primary N) is 1. The molecule has 1 aliphatic heterocycles. The first-order valence-corrected chi connectivity index (χ1v) is 13.7. The van der Waals surface area contributed by atoms with E-state index in [2.05, 4.69) is 17.0 Å². The van der Waals surface area contributed by atoms with Crippen LogP contribution >= 0.6 is 11.6 Å².